The van der Waals surface area contributed by atoms with Crippen LogP contribution in [0.15, 0.2) is 30.9 Å². The number of benzene rings is 1. The monoisotopic (exact) mass is 247 g/mol. The van der Waals surface area contributed by atoms with Crippen LogP contribution in [-0.2, 0) is 6.42 Å². The maximum absolute atomic E-state index is 6.04. The molecule has 0 aliphatic heterocycles. The fourth-order valence-electron chi connectivity index (χ4n) is 1.74. The van der Waals surface area contributed by atoms with Crippen molar-refractivity contribution in [3.63, 3.8) is 0 Å². The van der Waals surface area contributed by atoms with Crippen molar-refractivity contribution in [2.45, 2.75) is 46.6 Å². The van der Waals surface area contributed by atoms with Gasteiger partial charge in [0.2, 0.25) is 0 Å². The molecule has 18 heavy (non-hydrogen) atoms. The molecule has 1 aromatic carbocycles. The first-order valence-corrected chi connectivity index (χ1v) is 6.34. The number of hydrogen-bond acceptors (Lipinski definition) is 2. The minimum atomic E-state index is -0.403. The molecule has 100 valence electrons. The summed E-state index contributed by atoms with van der Waals surface area (Å²) in [5, 5.41) is 0. The summed E-state index contributed by atoms with van der Waals surface area (Å²) in [6.45, 7) is 14.3. The number of hydrogen-bond donors (Lipinski definition) is 1. The Bertz CT molecular complexity index is 427. The van der Waals surface area contributed by atoms with Gasteiger partial charge < -0.3 is 10.5 Å². The molecule has 0 bridgehead atoms. The molecule has 0 aliphatic carbocycles. The van der Waals surface area contributed by atoms with Crippen LogP contribution in [0.4, 0.5) is 5.69 Å². The zero-order valence-electron chi connectivity index (χ0n) is 12.2. The van der Waals surface area contributed by atoms with Gasteiger partial charge in [0.15, 0.2) is 0 Å². The van der Waals surface area contributed by atoms with Crippen molar-refractivity contribution in [1.82, 2.24) is 0 Å². The molecule has 0 aromatic heterocycles. The molecule has 0 spiro atoms. The van der Waals surface area contributed by atoms with Crippen LogP contribution in [0.5, 0.6) is 5.75 Å². The highest BCUT2D eigenvalue weighted by molar-refractivity contribution is 5.54. The van der Waals surface area contributed by atoms with Crippen LogP contribution in [0.1, 0.15) is 40.2 Å². The molecule has 0 atom stereocenters. The van der Waals surface area contributed by atoms with Crippen LogP contribution in [0.2, 0.25) is 0 Å². The molecule has 0 fully saturated rings. The number of nitrogen functional groups attached to an aromatic ring is 1. The first-order chi connectivity index (χ1) is 8.13. The lowest BCUT2D eigenvalue weighted by Crippen LogP contribution is -2.25. The Hall–Kier alpha value is -1.44. The topological polar surface area (TPSA) is 35.2 Å². The lowest BCUT2D eigenvalue weighted by atomic mass is 9.88. The highest BCUT2D eigenvalue weighted by Gasteiger charge is 2.17. The van der Waals surface area contributed by atoms with Gasteiger partial charge in [0.1, 0.15) is 11.4 Å². The molecule has 0 saturated carbocycles. The molecule has 2 N–H and O–H groups in total. The van der Waals surface area contributed by atoms with E-state index in [0.29, 0.717) is 5.69 Å². The fraction of sp³-hybridized carbons (Fsp3) is 0.500. The van der Waals surface area contributed by atoms with Crippen molar-refractivity contribution in [3.05, 3.63) is 36.4 Å². The lowest BCUT2D eigenvalue weighted by Gasteiger charge is -2.24. The molecule has 1 aromatic rings. The third kappa shape index (κ3) is 4.44. The summed E-state index contributed by atoms with van der Waals surface area (Å²) in [5.41, 5.74) is 7.83. The van der Waals surface area contributed by atoms with Crippen molar-refractivity contribution >= 4 is 5.69 Å². The van der Waals surface area contributed by atoms with E-state index in [-0.39, 0.29) is 5.41 Å². The normalized spacial score (nSPS) is 12.3. The van der Waals surface area contributed by atoms with Crippen molar-refractivity contribution in [1.29, 1.82) is 0 Å². The Morgan fingerprint density at radius 2 is 1.83 bits per heavy atom. The standard InChI is InChI=1S/C16H25NO/c1-7-16(5,6)18-14-9-8-12(10-13(14)17)11-15(2,3)4/h7-10H,1,11,17H2,2-6H3. The minimum Gasteiger partial charge on any atom is -0.482 e. The predicted molar refractivity (Wildman–Crippen MR) is 78.9 cm³/mol. The van der Waals surface area contributed by atoms with Gasteiger partial charge in [-0.1, -0.05) is 33.4 Å². The zero-order valence-corrected chi connectivity index (χ0v) is 12.2. The average Bonchev–Trinajstić information content (AvgIpc) is 2.20. The molecule has 0 radical (unpaired) electrons. The third-order valence-electron chi connectivity index (χ3n) is 2.67. The maximum atomic E-state index is 6.04. The highest BCUT2D eigenvalue weighted by atomic mass is 16.5. The SMILES string of the molecule is C=CC(C)(C)Oc1ccc(CC(C)(C)C)cc1N. The first-order valence-electron chi connectivity index (χ1n) is 6.34. The third-order valence-corrected chi connectivity index (χ3v) is 2.67. The Morgan fingerprint density at radius 1 is 1.22 bits per heavy atom. The lowest BCUT2D eigenvalue weighted by molar-refractivity contribution is 0.163. The Balaban J connectivity index is 2.90. The number of rotatable bonds is 4. The molecule has 0 aliphatic rings. The van der Waals surface area contributed by atoms with Gasteiger partial charge in [-0.3, -0.25) is 0 Å². The summed E-state index contributed by atoms with van der Waals surface area (Å²) in [4.78, 5) is 0. The minimum absolute atomic E-state index is 0.259. The molecule has 0 amide bonds. The Morgan fingerprint density at radius 3 is 2.28 bits per heavy atom. The highest BCUT2D eigenvalue weighted by Crippen LogP contribution is 2.29. The summed E-state index contributed by atoms with van der Waals surface area (Å²) in [7, 11) is 0. The quantitative estimate of drug-likeness (QED) is 0.639. The van der Waals surface area contributed by atoms with E-state index in [2.05, 4.69) is 33.4 Å². The number of nitrogens with two attached hydrogens (primary N) is 1. The summed E-state index contributed by atoms with van der Waals surface area (Å²) in [6, 6.07) is 6.03. The van der Waals surface area contributed by atoms with Gasteiger partial charge in [-0.05, 0) is 49.5 Å². The molecular formula is C16H25NO. The van der Waals surface area contributed by atoms with E-state index in [4.69, 9.17) is 10.5 Å². The van der Waals surface area contributed by atoms with Crippen LogP contribution in [0.25, 0.3) is 0 Å². The van der Waals surface area contributed by atoms with E-state index in [1.807, 2.05) is 26.0 Å². The van der Waals surface area contributed by atoms with Crippen LogP contribution in [0, 0.1) is 5.41 Å². The number of anilines is 1. The second kappa shape index (κ2) is 5.05. The van der Waals surface area contributed by atoms with Crippen LogP contribution < -0.4 is 10.5 Å². The molecule has 2 heteroatoms. The van der Waals surface area contributed by atoms with Crippen LogP contribution in [-0.4, -0.2) is 5.60 Å². The van der Waals surface area contributed by atoms with Gasteiger partial charge in [-0.15, -0.1) is 0 Å². The largest absolute Gasteiger partial charge is 0.482 e. The van der Waals surface area contributed by atoms with Gasteiger partial charge in [-0.25, -0.2) is 0 Å². The van der Waals surface area contributed by atoms with E-state index in [1.54, 1.807) is 6.08 Å². The molecular weight excluding hydrogens is 222 g/mol. The summed E-state index contributed by atoms with van der Waals surface area (Å²) < 4.78 is 5.82. The van der Waals surface area contributed by atoms with Gasteiger partial charge in [0.25, 0.3) is 0 Å². The smallest absolute Gasteiger partial charge is 0.143 e. The Kier molecular flexibility index (Phi) is 4.10. The molecule has 0 heterocycles. The average molecular weight is 247 g/mol. The second-order valence-electron chi connectivity index (χ2n) is 6.52. The zero-order chi connectivity index (χ0) is 14.0. The molecule has 0 saturated heterocycles. The number of ether oxygens (including phenoxy) is 1. The van der Waals surface area contributed by atoms with E-state index < -0.39 is 5.60 Å². The van der Waals surface area contributed by atoms with Crippen molar-refractivity contribution in [2.24, 2.45) is 5.41 Å². The van der Waals surface area contributed by atoms with Crippen molar-refractivity contribution < 1.29 is 4.74 Å². The first kappa shape index (κ1) is 14.6. The molecule has 0 unspecified atom stereocenters. The van der Waals surface area contributed by atoms with Gasteiger partial charge in [0, 0.05) is 0 Å². The van der Waals surface area contributed by atoms with Gasteiger partial charge in [-0.2, -0.15) is 0 Å². The predicted octanol–water partition coefficient (Wildman–Crippen LogP) is 4.20. The second-order valence-corrected chi connectivity index (χ2v) is 6.52. The van der Waals surface area contributed by atoms with Gasteiger partial charge in [0.05, 0.1) is 5.69 Å². The van der Waals surface area contributed by atoms with E-state index in [0.717, 1.165) is 12.2 Å². The van der Waals surface area contributed by atoms with E-state index >= 15 is 0 Å². The summed E-state index contributed by atoms with van der Waals surface area (Å²) >= 11 is 0. The fourth-order valence-corrected chi connectivity index (χ4v) is 1.74. The summed E-state index contributed by atoms with van der Waals surface area (Å²) in [6.07, 6.45) is 2.78. The summed E-state index contributed by atoms with van der Waals surface area (Å²) in [5.74, 6) is 0.720. The van der Waals surface area contributed by atoms with Crippen molar-refractivity contribution in [3.8, 4) is 5.75 Å². The van der Waals surface area contributed by atoms with Crippen LogP contribution in [0.3, 0.4) is 0 Å². The van der Waals surface area contributed by atoms with Crippen LogP contribution >= 0.6 is 0 Å². The molecule has 2 nitrogen and oxygen atoms in total. The molecule has 1 rings (SSSR count). The van der Waals surface area contributed by atoms with E-state index in [1.165, 1.54) is 5.56 Å². The van der Waals surface area contributed by atoms with Crippen molar-refractivity contribution in [2.75, 3.05) is 5.73 Å². The van der Waals surface area contributed by atoms with Gasteiger partial charge >= 0.3 is 0 Å². The maximum Gasteiger partial charge on any atom is 0.143 e. The van der Waals surface area contributed by atoms with E-state index in [9.17, 15) is 0 Å². The Labute approximate surface area is 111 Å².